The Hall–Kier alpha value is -3.65. The van der Waals surface area contributed by atoms with Gasteiger partial charge in [-0.3, -0.25) is 4.90 Å². The number of nitrogens with zero attached hydrogens (tertiary/aromatic N) is 7. The molecule has 1 saturated heterocycles. The molecule has 3 aromatic rings. The summed E-state index contributed by atoms with van der Waals surface area (Å²) in [6.07, 6.45) is -0.663. The predicted molar refractivity (Wildman–Crippen MR) is 119 cm³/mol. The van der Waals surface area contributed by atoms with Crippen LogP contribution in [-0.2, 0) is 16.5 Å². The van der Waals surface area contributed by atoms with Crippen LogP contribution in [0.25, 0.3) is 10.4 Å². The Labute approximate surface area is 197 Å². The number of ether oxygens (including phenoxy) is 2. The third kappa shape index (κ3) is 4.82. The fraction of sp³-hybridized carbons (Fsp3) is 0.400. The Bertz CT molecular complexity index is 1220. The molecule has 0 bridgehead atoms. The SMILES string of the molecule is Cn1nnc(N(C(=O)OC(C)(C)C)c2ncc(-c3ccc(N4CC(CO)OC4=O)cc3F)s2)n1. The van der Waals surface area contributed by atoms with Gasteiger partial charge < -0.3 is 14.6 Å². The van der Waals surface area contributed by atoms with Gasteiger partial charge in [-0.05, 0) is 44.2 Å². The van der Waals surface area contributed by atoms with E-state index in [1.165, 1.54) is 28.0 Å². The van der Waals surface area contributed by atoms with E-state index in [0.717, 1.165) is 16.2 Å². The molecule has 0 spiro atoms. The maximum absolute atomic E-state index is 15.0. The molecule has 180 valence electrons. The van der Waals surface area contributed by atoms with Gasteiger partial charge in [0.15, 0.2) is 0 Å². The summed E-state index contributed by atoms with van der Waals surface area (Å²) in [5, 5.41) is 21.0. The Kier molecular flexibility index (Phi) is 6.18. The minimum atomic E-state index is -0.786. The molecular weight excluding hydrogens is 469 g/mol. The lowest BCUT2D eigenvalue weighted by molar-refractivity contribution is 0.0597. The van der Waals surface area contributed by atoms with Gasteiger partial charge in [-0.25, -0.2) is 19.0 Å². The molecule has 1 fully saturated rings. The molecule has 12 nitrogen and oxygen atoms in total. The second kappa shape index (κ2) is 8.95. The van der Waals surface area contributed by atoms with Crippen molar-refractivity contribution in [3.63, 3.8) is 0 Å². The van der Waals surface area contributed by atoms with Crippen LogP contribution in [-0.4, -0.2) is 67.3 Å². The summed E-state index contributed by atoms with van der Waals surface area (Å²) in [5.74, 6) is -0.645. The molecule has 34 heavy (non-hydrogen) atoms. The van der Waals surface area contributed by atoms with Gasteiger partial charge in [0, 0.05) is 11.8 Å². The van der Waals surface area contributed by atoms with Crippen LogP contribution in [0.2, 0.25) is 0 Å². The predicted octanol–water partition coefficient (Wildman–Crippen LogP) is 2.86. The van der Waals surface area contributed by atoms with Crippen molar-refractivity contribution >= 4 is 40.3 Å². The van der Waals surface area contributed by atoms with E-state index in [0.29, 0.717) is 10.6 Å². The maximum Gasteiger partial charge on any atom is 0.423 e. The normalized spacial score (nSPS) is 16.0. The smallest absolute Gasteiger partial charge is 0.423 e. The number of hydrogen-bond donors (Lipinski definition) is 1. The number of rotatable bonds is 5. The van der Waals surface area contributed by atoms with Crippen LogP contribution in [0.15, 0.2) is 24.4 Å². The van der Waals surface area contributed by atoms with Crippen molar-refractivity contribution in [1.29, 1.82) is 0 Å². The molecule has 1 aromatic carbocycles. The number of anilines is 3. The first kappa shape index (κ1) is 23.5. The van der Waals surface area contributed by atoms with Gasteiger partial charge in [0.25, 0.3) is 5.95 Å². The quantitative estimate of drug-likeness (QED) is 0.571. The first-order valence-corrected chi connectivity index (χ1v) is 11.0. The molecular formula is C20H22FN7O5S. The van der Waals surface area contributed by atoms with E-state index in [-0.39, 0.29) is 29.8 Å². The molecule has 1 N–H and O–H groups in total. The molecule has 2 amide bonds. The van der Waals surface area contributed by atoms with Crippen molar-refractivity contribution < 1.29 is 28.6 Å². The van der Waals surface area contributed by atoms with Gasteiger partial charge in [0.2, 0.25) is 5.13 Å². The highest BCUT2D eigenvalue weighted by Gasteiger charge is 2.33. The number of benzene rings is 1. The molecule has 1 aliphatic heterocycles. The number of amides is 2. The largest absolute Gasteiger partial charge is 0.443 e. The zero-order valence-corrected chi connectivity index (χ0v) is 19.6. The maximum atomic E-state index is 15.0. The van der Waals surface area contributed by atoms with Crippen molar-refractivity contribution in [3.05, 3.63) is 30.2 Å². The molecule has 1 atom stereocenters. The zero-order chi connectivity index (χ0) is 24.6. The van der Waals surface area contributed by atoms with Gasteiger partial charge in [-0.2, -0.15) is 9.70 Å². The average molecular weight is 492 g/mol. The highest BCUT2D eigenvalue weighted by Crippen LogP contribution is 2.37. The van der Waals surface area contributed by atoms with Crippen LogP contribution in [0.4, 0.5) is 30.7 Å². The summed E-state index contributed by atoms with van der Waals surface area (Å²) in [5.41, 5.74) is -0.271. The van der Waals surface area contributed by atoms with E-state index in [1.54, 1.807) is 33.9 Å². The van der Waals surface area contributed by atoms with Gasteiger partial charge in [0.1, 0.15) is 17.5 Å². The van der Waals surface area contributed by atoms with Crippen molar-refractivity contribution in [2.24, 2.45) is 7.05 Å². The van der Waals surface area contributed by atoms with E-state index in [1.807, 2.05) is 0 Å². The molecule has 0 aliphatic carbocycles. The van der Waals surface area contributed by atoms with E-state index in [4.69, 9.17) is 9.47 Å². The molecule has 4 rings (SSSR count). The minimum Gasteiger partial charge on any atom is -0.443 e. The number of tetrazole rings is 1. The molecule has 1 aliphatic rings. The second-order valence-electron chi connectivity index (χ2n) is 8.36. The Morgan fingerprint density at radius 2 is 2.18 bits per heavy atom. The van der Waals surface area contributed by atoms with Crippen LogP contribution >= 0.6 is 11.3 Å². The van der Waals surface area contributed by atoms with Gasteiger partial charge >= 0.3 is 12.2 Å². The average Bonchev–Trinajstić information content (AvgIpc) is 3.47. The van der Waals surface area contributed by atoms with E-state index < -0.39 is 29.7 Å². The Morgan fingerprint density at radius 3 is 2.76 bits per heavy atom. The van der Waals surface area contributed by atoms with Crippen molar-refractivity contribution in [1.82, 2.24) is 25.2 Å². The number of hydrogen-bond acceptors (Lipinski definition) is 10. The summed E-state index contributed by atoms with van der Waals surface area (Å²) in [6, 6.07) is 4.26. The summed E-state index contributed by atoms with van der Waals surface area (Å²) < 4.78 is 25.5. The number of aliphatic hydroxyl groups is 1. The molecule has 3 heterocycles. The number of carbonyl (C=O) groups excluding carboxylic acids is 2. The van der Waals surface area contributed by atoms with Gasteiger partial charge in [-0.15, -0.1) is 5.10 Å². The molecule has 2 aromatic heterocycles. The monoisotopic (exact) mass is 491 g/mol. The standard InChI is InChI=1S/C20H22FN7O5S/c1-20(2,3)33-19(31)28(16-23-25-26(4)24-16)17-22-8-15(34-17)13-6-5-11(7-14(13)21)27-9-12(10-29)32-18(27)30/h5-8,12,29H,9-10H2,1-4H3. The summed E-state index contributed by atoms with van der Waals surface area (Å²) in [7, 11) is 1.55. The van der Waals surface area contributed by atoms with Crippen LogP contribution in [0.5, 0.6) is 0 Å². The first-order chi connectivity index (χ1) is 16.1. The van der Waals surface area contributed by atoms with E-state index in [2.05, 4.69) is 20.4 Å². The highest BCUT2D eigenvalue weighted by molar-refractivity contribution is 7.19. The van der Waals surface area contributed by atoms with E-state index >= 15 is 4.39 Å². The Balaban J connectivity index is 1.63. The van der Waals surface area contributed by atoms with Crippen molar-refractivity contribution in [2.45, 2.75) is 32.5 Å². The highest BCUT2D eigenvalue weighted by atomic mass is 32.1. The lowest BCUT2D eigenvalue weighted by atomic mass is 10.1. The van der Waals surface area contributed by atoms with Gasteiger partial charge in [0.05, 0.1) is 30.8 Å². The van der Waals surface area contributed by atoms with Crippen molar-refractivity contribution in [2.75, 3.05) is 23.0 Å². The summed E-state index contributed by atoms with van der Waals surface area (Å²) in [4.78, 5) is 33.0. The second-order valence-corrected chi connectivity index (χ2v) is 9.37. The lowest BCUT2D eigenvalue weighted by Crippen LogP contribution is -2.34. The van der Waals surface area contributed by atoms with Crippen LogP contribution < -0.4 is 9.80 Å². The summed E-state index contributed by atoms with van der Waals surface area (Å²) in [6.45, 7) is 4.96. The Morgan fingerprint density at radius 1 is 1.41 bits per heavy atom. The van der Waals surface area contributed by atoms with Crippen LogP contribution in [0, 0.1) is 5.82 Å². The zero-order valence-electron chi connectivity index (χ0n) is 18.8. The lowest BCUT2D eigenvalue weighted by Gasteiger charge is -2.23. The van der Waals surface area contributed by atoms with Gasteiger partial charge in [-0.1, -0.05) is 16.4 Å². The molecule has 0 saturated carbocycles. The third-order valence-electron chi connectivity index (χ3n) is 4.57. The fourth-order valence-corrected chi connectivity index (χ4v) is 4.04. The topological polar surface area (TPSA) is 136 Å². The number of cyclic esters (lactones) is 1. The number of aryl methyl sites for hydroxylation is 1. The summed E-state index contributed by atoms with van der Waals surface area (Å²) >= 11 is 1.03. The minimum absolute atomic E-state index is 0.0422. The number of aliphatic hydroxyl groups excluding tert-OH is 1. The molecule has 1 unspecified atom stereocenters. The number of carbonyl (C=O) groups is 2. The molecule has 0 radical (unpaired) electrons. The number of thiazole rings is 1. The number of aromatic nitrogens is 5. The molecule has 14 heteroatoms. The first-order valence-electron chi connectivity index (χ1n) is 10.2. The van der Waals surface area contributed by atoms with Crippen LogP contribution in [0.1, 0.15) is 20.8 Å². The van der Waals surface area contributed by atoms with Crippen molar-refractivity contribution in [3.8, 4) is 10.4 Å². The van der Waals surface area contributed by atoms with E-state index in [9.17, 15) is 14.7 Å². The third-order valence-corrected chi connectivity index (χ3v) is 5.58. The fourth-order valence-electron chi connectivity index (χ4n) is 3.11. The van der Waals surface area contributed by atoms with Crippen LogP contribution in [0.3, 0.4) is 0 Å². The number of halogens is 1.